The van der Waals surface area contributed by atoms with Crippen LogP contribution in [0.5, 0.6) is 0 Å². The summed E-state index contributed by atoms with van der Waals surface area (Å²) in [6.07, 6.45) is -4.38. The van der Waals surface area contributed by atoms with Gasteiger partial charge in [-0.05, 0) is 30.3 Å². The van der Waals surface area contributed by atoms with Crippen molar-refractivity contribution >= 4 is 11.0 Å². The van der Waals surface area contributed by atoms with Gasteiger partial charge in [-0.25, -0.2) is 4.68 Å². The molecule has 19 heavy (non-hydrogen) atoms. The molecule has 0 spiro atoms. The van der Waals surface area contributed by atoms with Gasteiger partial charge in [0.05, 0.1) is 16.8 Å². The van der Waals surface area contributed by atoms with Crippen molar-refractivity contribution in [2.45, 2.75) is 6.18 Å². The molecule has 0 saturated carbocycles. The Hall–Kier alpha value is -2.37. The van der Waals surface area contributed by atoms with Gasteiger partial charge in [0.1, 0.15) is 5.52 Å². The summed E-state index contributed by atoms with van der Waals surface area (Å²) in [5, 5.41) is 7.75. The molecule has 0 saturated heterocycles. The first-order chi connectivity index (χ1) is 9.05. The van der Waals surface area contributed by atoms with Crippen LogP contribution in [0, 0.1) is 0 Å². The largest absolute Gasteiger partial charge is 0.416 e. The molecule has 3 nitrogen and oxygen atoms in total. The highest BCUT2D eigenvalue weighted by Crippen LogP contribution is 2.31. The highest BCUT2D eigenvalue weighted by molar-refractivity contribution is 5.77. The summed E-state index contributed by atoms with van der Waals surface area (Å²) in [4.78, 5) is 0. The molecule has 3 aromatic rings. The summed E-state index contributed by atoms with van der Waals surface area (Å²) in [6.45, 7) is 0. The number of aromatic nitrogens is 3. The second-order valence-corrected chi connectivity index (χ2v) is 4.04. The van der Waals surface area contributed by atoms with Gasteiger partial charge >= 0.3 is 6.18 Å². The van der Waals surface area contributed by atoms with E-state index in [0.29, 0.717) is 16.7 Å². The van der Waals surface area contributed by atoms with Crippen LogP contribution in [-0.4, -0.2) is 15.0 Å². The lowest BCUT2D eigenvalue weighted by Crippen LogP contribution is -2.05. The van der Waals surface area contributed by atoms with Gasteiger partial charge in [0.25, 0.3) is 0 Å². The Labute approximate surface area is 106 Å². The second-order valence-electron chi connectivity index (χ2n) is 4.04. The van der Waals surface area contributed by atoms with Crippen molar-refractivity contribution < 1.29 is 13.2 Å². The molecule has 1 heterocycles. The topological polar surface area (TPSA) is 30.7 Å². The third-order valence-corrected chi connectivity index (χ3v) is 2.77. The van der Waals surface area contributed by atoms with Gasteiger partial charge in [-0.1, -0.05) is 23.4 Å². The molecule has 0 aliphatic carbocycles. The maximum Gasteiger partial charge on any atom is 0.416 e. The van der Waals surface area contributed by atoms with Crippen molar-refractivity contribution in [1.82, 2.24) is 15.0 Å². The standard InChI is InChI=1S/C13H8F3N3/c14-13(15,16)9-6-7-11-12(8-9)19(18-17-11)10-4-2-1-3-5-10/h1-8H. The number of hydrogen-bond donors (Lipinski definition) is 0. The Morgan fingerprint density at radius 3 is 2.37 bits per heavy atom. The summed E-state index contributed by atoms with van der Waals surface area (Å²) < 4.78 is 39.5. The Bertz CT molecular complexity index is 717. The first-order valence-electron chi connectivity index (χ1n) is 5.54. The average molecular weight is 263 g/mol. The number of nitrogens with zero attached hydrogens (tertiary/aromatic N) is 3. The predicted molar refractivity (Wildman–Crippen MR) is 63.9 cm³/mol. The number of rotatable bonds is 1. The van der Waals surface area contributed by atoms with Crippen LogP contribution in [0.3, 0.4) is 0 Å². The van der Waals surface area contributed by atoms with E-state index >= 15 is 0 Å². The fourth-order valence-electron chi connectivity index (χ4n) is 1.85. The molecule has 1 aromatic heterocycles. The van der Waals surface area contributed by atoms with Crippen molar-refractivity contribution in [2.24, 2.45) is 0 Å². The van der Waals surface area contributed by atoms with Crippen LogP contribution in [0.15, 0.2) is 48.5 Å². The molecule has 0 atom stereocenters. The third-order valence-electron chi connectivity index (χ3n) is 2.77. The molecule has 3 rings (SSSR count). The van der Waals surface area contributed by atoms with Crippen LogP contribution in [-0.2, 0) is 6.18 Å². The van der Waals surface area contributed by atoms with E-state index in [1.54, 1.807) is 24.3 Å². The average Bonchev–Trinajstić information content (AvgIpc) is 2.81. The minimum absolute atomic E-state index is 0.334. The number of halogens is 3. The summed E-state index contributed by atoms with van der Waals surface area (Å²) in [5.74, 6) is 0. The Balaban J connectivity index is 2.22. The highest BCUT2D eigenvalue weighted by Gasteiger charge is 2.31. The van der Waals surface area contributed by atoms with E-state index < -0.39 is 11.7 Å². The second kappa shape index (κ2) is 4.08. The van der Waals surface area contributed by atoms with E-state index in [1.165, 1.54) is 10.7 Å². The van der Waals surface area contributed by atoms with Gasteiger partial charge in [0.15, 0.2) is 0 Å². The lowest BCUT2D eigenvalue weighted by atomic mass is 10.2. The summed E-state index contributed by atoms with van der Waals surface area (Å²) in [7, 11) is 0. The molecule has 0 bridgehead atoms. The minimum atomic E-state index is -4.38. The fraction of sp³-hybridized carbons (Fsp3) is 0.0769. The van der Waals surface area contributed by atoms with E-state index in [-0.39, 0.29) is 0 Å². The summed E-state index contributed by atoms with van der Waals surface area (Å²) >= 11 is 0. The minimum Gasteiger partial charge on any atom is -0.213 e. The number of alkyl halides is 3. The molecule has 96 valence electrons. The van der Waals surface area contributed by atoms with Gasteiger partial charge < -0.3 is 0 Å². The van der Waals surface area contributed by atoms with Gasteiger partial charge in [-0.3, -0.25) is 0 Å². The molecule has 6 heteroatoms. The molecule has 2 aromatic carbocycles. The molecule has 0 amide bonds. The van der Waals surface area contributed by atoms with E-state index in [1.807, 2.05) is 6.07 Å². The SMILES string of the molecule is FC(F)(F)c1ccc2nnn(-c3ccccc3)c2c1. The third kappa shape index (κ3) is 2.05. The van der Waals surface area contributed by atoms with Crippen molar-refractivity contribution in [1.29, 1.82) is 0 Å². The summed E-state index contributed by atoms with van der Waals surface area (Å²) in [5.41, 5.74) is 0.724. The monoisotopic (exact) mass is 263 g/mol. The Morgan fingerprint density at radius 2 is 1.68 bits per heavy atom. The van der Waals surface area contributed by atoms with Crippen LogP contribution in [0.2, 0.25) is 0 Å². The zero-order chi connectivity index (χ0) is 13.5. The van der Waals surface area contributed by atoms with Crippen molar-refractivity contribution in [3.63, 3.8) is 0 Å². The van der Waals surface area contributed by atoms with Crippen LogP contribution in [0.1, 0.15) is 5.56 Å². The number of fused-ring (bicyclic) bond motifs is 1. The van der Waals surface area contributed by atoms with Crippen LogP contribution >= 0.6 is 0 Å². The van der Waals surface area contributed by atoms with Crippen molar-refractivity contribution in [3.05, 3.63) is 54.1 Å². The quantitative estimate of drug-likeness (QED) is 0.673. The number of benzene rings is 2. The molecular formula is C13H8F3N3. The lowest BCUT2D eigenvalue weighted by molar-refractivity contribution is -0.137. The highest BCUT2D eigenvalue weighted by atomic mass is 19.4. The maximum absolute atomic E-state index is 12.7. The lowest BCUT2D eigenvalue weighted by Gasteiger charge is -2.07. The van der Waals surface area contributed by atoms with Gasteiger partial charge in [-0.2, -0.15) is 13.2 Å². The van der Waals surface area contributed by atoms with Gasteiger partial charge in [0, 0.05) is 0 Å². The molecule has 0 aliphatic rings. The first kappa shape index (κ1) is 11.7. The van der Waals surface area contributed by atoms with E-state index in [0.717, 1.165) is 12.1 Å². The fourth-order valence-corrected chi connectivity index (χ4v) is 1.85. The molecule has 0 unspecified atom stereocenters. The van der Waals surface area contributed by atoms with E-state index in [4.69, 9.17) is 0 Å². The van der Waals surface area contributed by atoms with Crippen LogP contribution in [0.4, 0.5) is 13.2 Å². The maximum atomic E-state index is 12.7. The smallest absolute Gasteiger partial charge is 0.213 e. The predicted octanol–water partition coefficient (Wildman–Crippen LogP) is 3.44. The molecule has 0 aliphatic heterocycles. The van der Waals surface area contributed by atoms with Crippen LogP contribution < -0.4 is 0 Å². The summed E-state index contributed by atoms with van der Waals surface area (Å²) in [6, 6.07) is 12.3. The zero-order valence-electron chi connectivity index (χ0n) is 9.59. The van der Waals surface area contributed by atoms with Gasteiger partial charge in [0.2, 0.25) is 0 Å². The van der Waals surface area contributed by atoms with Gasteiger partial charge in [-0.15, -0.1) is 5.10 Å². The number of hydrogen-bond acceptors (Lipinski definition) is 2. The normalized spacial score (nSPS) is 11.9. The Morgan fingerprint density at radius 1 is 0.947 bits per heavy atom. The van der Waals surface area contributed by atoms with E-state index in [2.05, 4.69) is 10.3 Å². The molecule has 0 N–H and O–H groups in total. The van der Waals surface area contributed by atoms with E-state index in [9.17, 15) is 13.2 Å². The molecule has 0 radical (unpaired) electrons. The number of para-hydroxylation sites is 1. The Kier molecular flexibility index (Phi) is 2.51. The zero-order valence-corrected chi connectivity index (χ0v) is 9.59. The van der Waals surface area contributed by atoms with Crippen molar-refractivity contribution in [2.75, 3.05) is 0 Å². The molecular weight excluding hydrogens is 255 g/mol. The molecule has 0 fully saturated rings. The van der Waals surface area contributed by atoms with Crippen LogP contribution in [0.25, 0.3) is 16.7 Å². The van der Waals surface area contributed by atoms with Crippen molar-refractivity contribution in [3.8, 4) is 5.69 Å². The first-order valence-corrected chi connectivity index (χ1v) is 5.54.